The summed E-state index contributed by atoms with van der Waals surface area (Å²) in [5.41, 5.74) is 1.24. The van der Waals surface area contributed by atoms with E-state index in [0.717, 1.165) is 30.3 Å². The van der Waals surface area contributed by atoms with E-state index in [-0.39, 0.29) is 5.54 Å². The predicted octanol–water partition coefficient (Wildman–Crippen LogP) is 3.53. The molecule has 0 saturated carbocycles. The summed E-state index contributed by atoms with van der Waals surface area (Å²) in [7, 11) is 0. The first kappa shape index (κ1) is 13.6. The maximum atomic E-state index is 5.72. The van der Waals surface area contributed by atoms with Crippen molar-refractivity contribution in [2.75, 3.05) is 13.2 Å². The van der Waals surface area contributed by atoms with Gasteiger partial charge in [-0.25, -0.2) is 4.98 Å². The number of benzene rings is 1. The third-order valence-corrected chi connectivity index (χ3v) is 4.94. The van der Waals surface area contributed by atoms with E-state index in [1.807, 2.05) is 17.6 Å². The van der Waals surface area contributed by atoms with Crippen LogP contribution in [0.15, 0.2) is 35.8 Å². The lowest BCUT2D eigenvalue weighted by Gasteiger charge is -2.30. The fourth-order valence-electron chi connectivity index (χ4n) is 2.61. The summed E-state index contributed by atoms with van der Waals surface area (Å²) in [6, 6.07) is 8.37. The van der Waals surface area contributed by atoms with Crippen molar-refractivity contribution >= 4 is 11.3 Å². The molecule has 1 aliphatic heterocycles. The van der Waals surface area contributed by atoms with Crippen LogP contribution >= 0.6 is 11.3 Å². The highest BCUT2D eigenvalue weighted by molar-refractivity contribution is 7.09. The van der Waals surface area contributed by atoms with Crippen molar-refractivity contribution in [3.05, 3.63) is 46.4 Å². The zero-order valence-corrected chi connectivity index (χ0v) is 12.7. The molecule has 106 valence electrons. The molecule has 0 amide bonds. The van der Waals surface area contributed by atoms with Gasteiger partial charge in [-0.2, -0.15) is 0 Å². The van der Waals surface area contributed by atoms with Crippen LogP contribution in [0.5, 0.6) is 5.75 Å². The van der Waals surface area contributed by atoms with Gasteiger partial charge in [0.05, 0.1) is 12.1 Å². The van der Waals surface area contributed by atoms with Gasteiger partial charge in [-0.3, -0.25) is 0 Å². The Bertz CT molecular complexity index is 566. The zero-order valence-electron chi connectivity index (χ0n) is 11.9. The van der Waals surface area contributed by atoms with Crippen LogP contribution < -0.4 is 10.1 Å². The summed E-state index contributed by atoms with van der Waals surface area (Å²) in [5, 5.41) is 6.83. The molecule has 0 aliphatic carbocycles. The molecule has 0 saturated heterocycles. The Labute approximate surface area is 124 Å². The molecule has 1 aromatic heterocycles. The monoisotopic (exact) mass is 288 g/mol. The minimum atomic E-state index is -0.0819. The Morgan fingerprint density at radius 1 is 1.40 bits per heavy atom. The lowest BCUT2D eigenvalue weighted by Crippen LogP contribution is -2.39. The van der Waals surface area contributed by atoms with E-state index in [4.69, 9.17) is 4.74 Å². The molecule has 3 rings (SSSR count). The van der Waals surface area contributed by atoms with Crippen LogP contribution in [0.1, 0.15) is 36.8 Å². The number of aromatic nitrogens is 1. The Kier molecular flexibility index (Phi) is 3.76. The van der Waals surface area contributed by atoms with E-state index in [0.29, 0.717) is 5.92 Å². The normalized spacial score (nSPS) is 18.4. The SMILES string of the molecule is CC(C)(NCC1CCOc2ccccc21)c1nccs1. The van der Waals surface area contributed by atoms with Crippen molar-refractivity contribution in [2.24, 2.45) is 0 Å². The van der Waals surface area contributed by atoms with Crippen molar-refractivity contribution in [1.82, 2.24) is 10.3 Å². The molecular formula is C16H20N2OS. The smallest absolute Gasteiger partial charge is 0.122 e. The highest BCUT2D eigenvalue weighted by Crippen LogP contribution is 2.33. The van der Waals surface area contributed by atoms with Gasteiger partial charge in [0.15, 0.2) is 0 Å². The van der Waals surface area contributed by atoms with E-state index in [2.05, 4.69) is 42.3 Å². The maximum Gasteiger partial charge on any atom is 0.122 e. The summed E-state index contributed by atoms with van der Waals surface area (Å²) in [6.07, 6.45) is 2.94. The van der Waals surface area contributed by atoms with Gasteiger partial charge in [-0.15, -0.1) is 11.3 Å². The minimum absolute atomic E-state index is 0.0819. The van der Waals surface area contributed by atoms with Gasteiger partial charge < -0.3 is 10.1 Å². The molecule has 2 heterocycles. The first-order valence-corrected chi connectivity index (χ1v) is 7.91. The molecule has 20 heavy (non-hydrogen) atoms. The van der Waals surface area contributed by atoms with E-state index >= 15 is 0 Å². The van der Waals surface area contributed by atoms with E-state index < -0.39 is 0 Å². The van der Waals surface area contributed by atoms with Crippen molar-refractivity contribution < 1.29 is 4.74 Å². The zero-order chi connectivity index (χ0) is 14.0. The molecule has 1 unspecified atom stereocenters. The molecule has 1 atom stereocenters. The topological polar surface area (TPSA) is 34.1 Å². The van der Waals surface area contributed by atoms with Crippen LogP contribution in [0, 0.1) is 0 Å². The van der Waals surface area contributed by atoms with Crippen LogP contribution in [0.2, 0.25) is 0 Å². The second-order valence-corrected chi connectivity index (χ2v) is 6.61. The maximum absolute atomic E-state index is 5.72. The Hall–Kier alpha value is -1.39. The molecule has 1 aliphatic rings. The van der Waals surface area contributed by atoms with Gasteiger partial charge in [0.25, 0.3) is 0 Å². The number of rotatable bonds is 4. The van der Waals surface area contributed by atoms with E-state index in [9.17, 15) is 0 Å². The Morgan fingerprint density at radius 3 is 3.05 bits per heavy atom. The quantitative estimate of drug-likeness (QED) is 0.934. The first-order chi connectivity index (χ1) is 9.67. The summed E-state index contributed by atoms with van der Waals surface area (Å²) in [4.78, 5) is 4.43. The summed E-state index contributed by atoms with van der Waals surface area (Å²) in [5.74, 6) is 1.55. The summed E-state index contributed by atoms with van der Waals surface area (Å²) >= 11 is 1.70. The van der Waals surface area contributed by atoms with Gasteiger partial charge in [0.1, 0.15) is 10.8 Å². The highest BCUT2D eigenvalue weighted by Gasteiger charge is 2.26. The third kappa shape index (κ3) is 2.72. The lowest BCUT2D eigenvalue weighted by atomic mass is 9.92. The number of nitrogens with zero attached hydrogens (tertiary/aromatic N) is 1. The molecule has 3 nitrogen and oxygen atoms in total. The number of ether oxygens (including phenoxy) is 1. The van der Waals surface area contributed by atoms with Crippen LogP contribution in [0.4, 0.5) is 0 Å². The third-order valence-electron chi connectivity index (χ3n) is 3.84. The molecule has 1 N–H and O–H groups in total. The minimum Gasteiger partial charge on any atom is -0.493 e. The van der Waals surface area contributed by atoms with Crippen LogP contribution in [-0.4, -0.2) is 18.1 Å². The standard InChI is InChI=1S/C16H20N2OS/c1-16(2,15-17-8-10-20-15)18-11-12-7-9-19-14-6-4-3-5-13(12)14/h3-6,8,10,12,18H,7,9,11H2,1-2H3. The van der Waals surface area contributed by atoms with Crippen molar-refractivity contribution in [1.29, 1.82) is 0 Å². The molecule has 0 spiro atoms. The van der Waals surface area contributed by atoms with Gasteiger partial charge in [0, 0.05) is 24.0 Å². The summed E-state index contributed by atoms with van der Waals surface area (Å²) in [6.45, 7) is 6.14. The highest BCUT2D eigenvalue weighted by atomic mass is 32.1. The van der Waals surface area contributed by atoms with Crippen LogP contribution in [0.25, 0.3) is 0 Å². The lowest BCUT2D eigenvalue weighted by molar-refractivity contribution is 0.256. The molecule has 4 heteroatoms. The average molecular weight is 288 g/mol. The number of para-hydroxylation sites is 1. The van der Waals surface area contributed by atoms with E-state index in [1.165, 1.54) is 5.56 Å². The molecule has 2 aromatic rings. The van der Waals surface area contributed by atoms with Crippen LogP contribution in [0.3, 0.4) is 0 Å². The van der Waals surface area contributed by atoms with Gasteiger partial charge in [0.2, 0.25) is 0 Å². The second-order valence-electron chi connectivity index (χ2n) is 5.72. The van der Waals surface area contributed by atoms with Crippen molar-refractivity contribution in [2.45, 2.75) is 31.7 Å². The van der Waals surface area contributed by atoms with Crippen molar-refractivity contribution in [3.63, 3.8) is 0 Å². The molecule has 0 fully saturated rings. The fourth-order valence-corrected chi connectivity index (χ4v) is 3.35. The Balaban J connectivity index is 1.71. The molecular weight excluding hydrogens is 268 g/mol. The van der Waals surface area contributed by atoms with Gasteiger partial charge in [-0.05, 0) is 31.9 Å². The van der Waals surface area contributed by atoms with Crippen LogP contribution in [-0.2, 0) is 5.54 Å². The number of thiazole rings is 1. The summed E-state index contributed by atoms with van der Waals surface area (Å²) < 4.78 is 5.72. The number of hydrogen-bond donors (Lipinski definition) is 1. The molecule has 0 bridgehead atoms. The fraction of sp³-hybridized carbons (Fsp3) is 0.438. The van der Waals surface area contributed by atoms with Crippen molar-refractivity contribution in [3.8, 4) is 5.75 Å². The number of fused-ring (bicyclic) bond motifs is 1. The number of hydrogen-bond acceptors (Lipinski definition) is 4. The first-order valence-electron chi connectivity index (χ1n) is 7.03. The number of nitrogens with one attached hydrogen (secondary N) is 1. The predicted molar refractivity (Wildman–Crippen MR) is 82.4 cm³/mol. The molecule has 0 radical (unpaired) electrons. The van der Waals surface area contributed by atoms with Gasteiger partial charge in [-0.1, -0.05) is 18.2 Å². The average Bonchev–Trinajstić information content (AvgIpc) is 3.00. The van der Waals surface area contributed by atoms with E-state index in [1.54, 1.807) is 11.3 Å². The second kappa shape index (κ2) is 5.54. The van der Waals surface area contributed by atoms with Gasteiger partial charge >= 0.3 is 0 Å². The largest absolute Gasteiger partial charge is 0.493 e. The Morgan fingerprint density at radius 2 is 2.25 bits per heavy atom. The molecule has 1 aromatic carbocycles.